The van der Waals surface area contributed by atoms with Gasteiger partial charge >= 0.3 is 0 Å². The van der Waals surface area contributed by atoms with Crippen LogP contribution in [0.1, 0.15) is 48.2 Å². The molecule has 5 N–H and O–H groups in total. The number of hydrogen-bond acceptors (Lipinski definition) is 5. The Morgan fingerprint density at radius 1 is 1.33 bits per heavy atom. The first-order chi connectivity index (χ1) is 10.1. The van der Waals surface area contributed by atoms with Gasteiger partial charge in [-0.1, -0.05) is 24.4 Å². The molecule has 1 fully saturated rings. The van der Waals surface area contributed by atoms with Gasteiger partial charge in [0.15, 0.2) is 5.84 Å². The molecule has 1 aliphatic carbocycles. The molecule has 1 saturated carbocycles. The lowest BCUT2D eigenvalue weighted by atomic mass is 10.1. The van der Waals surface area contributed by atoms with E-state index >= 15 is 0 Å². The van der Waals surface area contributed by atoms with E-state index in [4.69, 9.17) is 10.9 Å². The van der Waals surface area contributed by atoms with Crippen molar-refractivity contribution in [3.63, 3.8) is 0 Å². The number of amidine groups is 1. The summed E-state index contributed by atoms with van der Waals surface area (Å²) >= 11 is 0. The monoisotopic (exact) mass is 292 g/mol. The zero-order valence-corrected chi connectivity index (χ0v) is 11.7. The Bertz CT molecular complexity index is 515. The fourth-order valence-corrected chi connectivity index (χ4v) is 2.44. The molecule has 2 unspecified atom stereocenters. The number of aliphatic hydroxyl groups is 1. The quantitative estimate of drug-likeness (QED) is 0.214. The second kappa shape index (κ2) is 7.03. The van der Waals surface area contributed by atoms with E-state index in [1.165, 1.54) is 12.3 Å². The minimum atomic E-state index is -0.507. The third-order valence-corrected chi connectivity index (χ3v) is 3.70. The Morgan fingerprint density at radius 3 is 2.76 bits per heavy atom. The van der Waals surface area contributed by atoms with Crippen molar-refractivity contribution in [3.8, 4) is 0 Å². The van der Waals surface area contributed by atoms with E-state index < -0.39 is 6.10 Å². The maximum atomic E-state index is 12.1. The first-order valence-electron chi connectivity index (χ1n) is 7.04. The van der Waals surface area contributed by atoms with Crippen molar-refractivity contribution in [1.29, 1.82) is 0 Å². The maximum absolute atomic E-state index is 12.1. The Balaban J connectivity index is 2.02. The number of hydrogen-bond donors (Lipinski definition) is 4. The molecule has 1 aromatic heterocycles. The molecular weight excluding hydrogens is 272 g/mol. The van der Waals surface area contributed by atoms with Crippen molar-refractivity contribution in [1.82, 2.24) is 10.3 Å². The molecule has 0 saturated heterocycles. The molecule has 1 amide bonds. The maximum Gasteiger partial charge on any atom is 0.270 e. The molecule has 0 aliphatic heterocycles. The fourth-order valence-electron chi connectivity index (χ4n) is 2.44. The van der Waals surface area contributed by atoms with E-state index in [1.807, 2.05) is 0 Å². The van der Waals surface area contributed by atoms with Gasteiger partial charge in [-0.15, -0.1) is 0 Å². The number of oxime groups is 1. The summed E-state index contributed by atoms with van der Waals surface area (Å²) in [7, 11) is 0. The van der Waals surface area contributed by atoms with Crippen LogP contribution in [-0.4, -0.2) is 39.2 Å². The number of rotatable bonds is 3. The lowest BCUT2D eigenvalue weighted by Gasteiger charge is -2.21. The van der Waals surface area contributed by atoms with Gasteiger partial charge in [0.1, 0.15) is 5.69 Å². The van der Waals surface area contributed by atoms with Crippen molar-refractivity contribution in [2.45, 2.75) is 44.2 Å². The first-order valence-corrected chi connectivity index (χ1v) is 7.04. The van der Waals surface area contributed by atoms with Crippen LogP contribution in [0.3, 0.4) is 0 Å². The van der Waals surface area contributed by atoms with Crippen molar-refractivity contribution >= 4 is 11.7 Å². The number of nitrogens with zero attached hydrogens (tertiary/aromatic N) is 2. The number of aliphatic hydroxyl groups excluding tert-OH is 1. The van der Waals surface area contributed by atoms with E-state index in [0.29, 0.717) is 12.0 Å². The molecule has 21 heavy (non-hydrogen) atoms. The third-order valence-electron chi connectivity index (χ3n) is 3.70. The van der Waals surface area contributed by atoms with Gasteiger partial charge in [-0.3, -0.25) is 9.78 Å². The Morgan fingerprint density at radius 2 is 2.10 bits per heavy atom. The second-order valence-corrected chi connectivity index (χ2v) is 5.20. The van der Waals surface area contributed by atoms with E-state index in [0.717, 1.165) is 25.7 Å². The molecular formula is C14H20N4O3. The van der Waals surface area contributed by atoms with E-state index in [9.17, 15) is 9.90 Å². The minimum Gasteiger partial charge on any atom is -0.409 e. The van der Waals surface area contributed by atoms with Crippen LogP contribution in [0, 0.1) is 0 Å². The highest BCUT2D eigenvalue weighted by atomic mass is 16.4. The second-order valence-electron chi connectivity index (χ2n) is 5.20. The van der Waals surface area contributed by atoms with Gasteiger partial charge in [-0.25, -0.2) is 0 Å². The van der Waals surface area contributed by atoms with Crippen molar-refractivity contribution in [3.05, 3.63) is 29.6 Å². The number of carbonyl (C=O) groups is 1. The highest BCUT2D eigenvalue weighted by molar-refractivity contribution is 5.98. The van der Waals surface area contributed by atoms with Crippen LogP contribution >= 0.6 is 0 Å². The number of nitrogens with two attached hydrogens (primary N) is 1. The lowest BCUT2D eigenvalue weighted by molar-refractivity contribution is 0.0814. The summed E-state index contributed by atoms with van der Waals surface area (Å²) in [5.74, 6) is -0.388. The number of amides is 1. The number of aromatic nitrogens is 1. The van der Waals surface area contributed by atoms with Crippen LogP contribution in [0.15, 0.2) is 23.5 Å². The predicted octanol–water partition coefficient (Wildman–Crippen LogP) is 0.599. The summed E-state index contributed by atoms with van der Waals surface area (Å²) in [5, 5.41) is 24.3. The number of nitrogens with one attached hydrogen (secondary N) is 1. The van der Waals surface area contributed by atoms with Crippen molar-refractivity contribution in [2.75, 3.05) is 0 Å². The molecule has 0 aromatic carbocycles. The standard InChI is InChI=1S/C14H20N4O3/c15-13(18-21)9-6-7-11(16-8-9)14(20)17-10-4-2-1-3-5-12(10)19/h6-8,10,12,19,21H,1-5H2,(H2,15,18)(H,17,20). The molecule has 7 nitrogen and oxygen atoms in total. The SMILES string of the molecule is N/C(=N/O)c1ccc(C(=O)NC2CCCCCC2O)nc1. The zero-order valence-electron chi connectivity index (χ0n) is 11.7. The minimum absolute atomic E-state index is 0.0614. The van der Waals surface area contributed by atoms with Gasteiger partial charge in [0.05, 0.1) is 12.1 Å². The first kappa shape index (κ1) is 15.2. The van der Waals surface area contributed by atoms with Gasteiger partial charge in [0.2, 0.25) is 0 Å². The Labute approximate surface area is 122 Å². The molecule has 7 heteroatoms. The van der Waals surface area contributed by atoms with Crippen LogP contribution in [0.25, 0.3) is 0 Å². The molecule has 1 heterocycles. The molecule has 1 aliphatic rings. The van der Waals surface area contributed by atoms with Gasteiger partial charge in [0.25, 0.3) is 5.91 Å². The zero-order chi connectivity index (χ0) is 15.2. The molecule has 114 valence electrons. The highest BCUT2D eigenvalue weighted by Crippen LogP contribution is 2.18. The average molecular weight is 292 g/mol. The van der Waals surface area contributed by atoms with Crippen LogP contribution < -0.4 is 11.1 Å². The molecule has 0 spiro atoms. The summed E-state index contributed by atoms with van der Waals surface area (Å²) in [5.41, 5.74) is 6.10. The van der Waals surface area contributed by atoms with Gasteiger partial charge in [0, 0.05) is 11.8 Å². The smallest absolute Gasteiger partial charge is 0.270 e. The highest BCUT2D eigenvalue weighted by Gasteiger charge is 2.23. The molecule has 1 aromatic rings. The van der Waals surface area contributed by atoms with E-state index in [1.54, 1.807) is 6.07 Å². The largest absolute Gasteiger partial charge is 0.409 e. The Kier molecular flexibility index (Phi) is 5.10. The molecule has 2 rings (SSSR count). The average Bonchev–Trinajstić information content (AvgIpc) is 2.71. The van der Waals surface area contributed by atoms with Crippen molar-refractivity contribution < 1.29 is 15.1 Å². The van der Waals surface area contributed by atoms with Crippen LogP contribution in [-0.2, 0) is 0 Å². The van der Waals surface area contributed by atoms with Gasteiger partial charge in [-0.05, 0) is 25.0 Å². The fraction of sp³-hybridized carbons (Fsp3) is 0.500. The normalized spacial score (nSPS) is 23.4. The molecule has 0 bridgehead atoms. The summed E-state index contributed by atoms with van der Waals surface area (Å²) < 4.78 is 0. The third kappa shape index (κ3) is 3.91. The topological polar surface area (TPSA) is 121 Å². The lowest BCUT2D eigenvalue weighted by Crippen LogP contribution is -2.42. The van der Waals surface area contributed by atoms with E-state index in [-0.39, 0.29) is 23.5 Å². The van der Waals surface area contributed by atoms with Crippen molar-refractivity contribution in [2.24, 2.45) is 10.9 Å². The van der Waals surface area contributed by atoms with Crippen LogP contribution in [0.4, 0.5) is 0 Å². The number of carbonyl (C=O) groups excluding carboxylic acids is 1. The predicted molar refractivity (Wildman–Crippen MR) is 77.1 cm³/mol. The summed E-state index contributed by atoms with van der Waals surface area (Å²) in [6.07, 6.45) is 5.41. The van der Waals surface area contributed by atoms with E-state index in [2.05, 4.69) is 15.5 Å². The Hall–Kier alpha value is -2.15. The summed E-state index contributed by atoms with van der Waals surface area (Å²) in [6, 6.07) is 2.83. The van der Waals surface area contributed by atoms with Gasteiger partial charge < -0.3 is 21.4 Å². The molecule has 0 radical (unpaired) electrons. The molecule has 2 atom stereocenters. The number of pyridine rings is 1. The summed E-state index contributed by atoms with van der Waals surface area (Å²) in [4.78, 5) is 16.1. The van der Waals surface area contributed by atoms with Crippen LogP contribution in [0.2, 0.25) is 0 Å². The summed E-state index contributed by atoms with van der Waals surface area (Å²) in [6.45, 7) is 0. The van der Waals surface area contributed by atoms with Gasteiger partial charge in [-0.2, -0.15) is 0 Å². The van der Waals surface area contributed by atoms with Crippen LogP contribution in [0.5, 0.6) is 0 Å².